The zero-order valence-electron chi connectivity index (χ0n) is 17.7. The predicted octanol–water partition coefficient (Wildman–Crippen LogP) is 6.25. The van der Waals surface area contributed by atoms with E-state index >= 15 is 0 Å². The summed E-state index contributed by atoms with van der Waals surface area (Å²) >= 11 is 5.93. The van der Waals surface area contributed by atoms with Crippen LogP contribution in [0.2, 0.25) is 5.02 Å². The van der Waals surface area contributed by atoms with E-state index in [9.17, 15) is 9.59 Å². The number of amides is 1. The molecule has 32 heavy (non-hydrogen) atoms. The van der Waals surface area contributed by atoms with Gasteiger partial charge in [-0.2, -0.15) is 0 Å². The van der Waals surface area contributed by atoms with Crippen LogP contribution in [0.15, 0.2) is 82.2 Å². The fraction of sp³-hybridized carbons (Fsp3) is 0.154. The lowest BCUT2D eigenvalue weighted by atomic mass is 10.0. The topological polar surface area (TPSA) is 68.5 Å². The van der Waals surface area contributed by atoms with E-state index in [1.54, 1.807) is 42.5 Å². The van der Waals surface area contributed by atoms with Crippen LogP contribution in [-0.4, -0.2) is 12.5 Å². The molecule has 1 amide bonds. The molecule has 4 aromatic rings. The van der Waals surface area contributed by atoms with Crippen LogP contribution in [0.3, 0.4) is 0 Å². The van der Waals surface area contributed by atoms with Crippen molar-refractivity contribution in [2.24, 2.45) is 0 Å². The first-order valence-corrected chi connectivity index (χ1v) is 10.6. The molecule has 0 radical (unpaired) electrons. The van der Waals surface area contributed by atoms with Gasteiger partial charge < -0.3 is 14.5 Å². The number of nitrogens with one attached hydrogen (secondary N) is 1. The largest absolute Gasteiger partial charge is 0.484 e. The highest BCUT2D eigenvalue weighted by Crippen LogP contribution is 2.25. The zero-order chi connectivity index (χ0) is 22.7. The number of carbonyl (C=O) groups excluding carboxylic acids is 1. The molecule has 0 unspecified atom stereocenters. The minimum absolute atomic E-state index is 0.150. The SMILES string of the molecule is CC(C)c1ccccc1NC(=O)COc1ccc2c(=O)c(-c3ccc(Cl)cc3)coc2c1. The van der Waals surface area contributed by atoms with Gasteiger partial charge in [-0.05, 0) is 47.4 Å². The molecule has 6 heteroatoms. The monoisotopic (exact) mass is 447 g/mol. The van der Waals surface area contributed by atoms with Crippen molar-refractivity contribution in [3.05, 3.63) is 93.8 Å². The van der Waals surface area contributed by atoms with E-state index in [2.05, 4.69) is 19.2 Å². The van der Waals surface area contributed by atoms with E-state index in [1.807, 2.05) is 24.3 Å². The molecule has 0 atom stereocenters. The summed E-state index contributed by atoms with van der Waals surface area (Å²) in [4.78, 5) is 25.3. The van der Waals surface area contributed by atoms with Gasteiger partial charge in [0.1, 0.15) is 17.6 Å². The molecule has 0 saturated heterocycles. The van der Waals surface area contributed by atoms with E-state index in [-0.39, 0.29) is 23.9 Å². The maximum atomic E-state index is 12.9. The quantitative estimate of drug-likeness (QED) is 0.379. The number of anilines is 1. The third-order valence-electron chi connectivity index (χ3n) is 5.13. The summed E-state index contributed by atoms with van der Waals surface area (Å²) < 4.78 is 11.3. The summed E-state index contributed by atoms with van der Waals surface area (Å²) in [7, 11) is 0. The van der Waals surface area contributed by atoms with E-state index < -0.39 is 0 Å². The Balaban J connectivity index is 1.49. The lowest BCUT2D eigenvalue weighted by Crippen LogP contribution is -2.21. The molecule has 3 aromatic carbocycles. The summed E-state index contributed by atoms with van der Waals surface area (Å²) in [6.07, 6.45) is 1.42. The molecule has 1 heterocycles. The van der Waals surface area contributed by atoms with Gasteiger partial charge in [-0.15, -0.1) is 0 Å². The first kappa shape index (κ1) is 21.7. The van der Waals surface area contributed by atoms with Crippen LogP contribution >= 0.6 is 11.6 Å². The maximum absolute atomic E-state index is 12.9. The molecular formula is C26H22ClNO4. The van der Waals surface area contributed by atoms with Crippen LogP contribution in [-0.2, 0) is 4.79 Å². The fourth-order valence-corrected chi connectivity index (χ4v) is 3.60. The van der Waals surface area contributed by atoms with Crippen LogP contribution < -0.4 is 15.5 Å². The van der Waals surface area contributed by atoms with Crippen molar-refractivity contribution in [1.29, 1.82) is 0 Å². The smallest absolute Gasteiger partial charge is 0.262 e. The number of hydrogen-bond acceptors (Lipinski definition) is 4. The van der Waals surface area contributed by atoms with Gasteiger partial charge in [0.2, 0.25) is 0 Å². The van der Waals surface area contributed by atoms with Crippen LogP contribution in [0.5, 0.6) is 5.75 Å². The van der Waals surface area contributed by atoms with Crippen molar-refractivity contribution in [2.45, 2.75) is 19.8 Å². The number of ether oxygens (including phenoxy) is 1. The highest BCUT2D eigenvalue weighted by atomic mass is 35.5. The third-order valence-corrected chi connectivity index (χ3v) is 5.38. The Hall–Kier alpha value is -3.57. The summed E-state index contributed by atoms with van der Waals surface area (Å²) in [5.74, 6) is 0.457. The van der Waals surface area contributed by atoms with Crippen molar-refractivity contribution in [1.82, 2.24) is 0 Å². The first-order chi connectivity index (χ1) is 15.4. The standard InChI is InChI=1S/C26H22ClNO4/c1-16(2)20-5-3-4-6-23(20)28-25(29)15-31-19-11-12-21-24(13-19)32-14-22(26(21)30)17-7-9-18(27)10-8-17/h3-14,16H,15H2,1-2H3,(H,28,29). The number of fused-ring (bicyclic) bond motifs is 1. The van der Waals surface area contributed by atoms with Gasteiger partial charge in [0, 0.05) is 16.8 Å². The van der Waals surface area contributed by atoms with Crippen molar-refractivity contribution in [3.8, 4) is 16.9 Å². The second-order valence-corrected chi connectivity index (χ2v) is 8.16. The van der Waals surface area contributed by atoms with Crippen molar-refractivity contribution < 1.29 is 13.9 Å². The second kappa shape index (κ2) is 9.28. The van der Waals surface area contributed by atoms with E-state index in [1.165, 1.54) is 6.26 Å². The molecule has 0 aliphatic rings. The van der Waals surface area contributed by atoms with Gasteiger partial charge in [-0.3, -0.25) is 9.59 Å². The van der Waals surface area contributed by atoms with Crippen molar-refractivity contribution >= 4 is 34.2 Å². The second-order valence-electron chi connectivity index (χ2n) is 7.72. The van der Waals surface area contributed by atoms with Gasteiger partial charge in [0.25, 0.3) is 5.91 Å². The van der Waals surface area contributed by atoms with Gasteiger partial charge in [-0.25, -0.2) is 0 Å². The van der Waals surface area contributed by atoms with Gasteiger partial charge in [0.05, 0.1) is 10.9 Å². The van der Waals surface area contributed by atoms with E-state index in [0.29, 0.717) is 27.3 Å². The normalized spacial score (nSPS) is 11.0. The maximum Gasteiger partial charge on any atom is 0.262 e. The lowest BCUT2D eigenvalue weighted by Gasteiger charge is -2.14. The Labute approximate surface area is 190 Å². The van der Waals surface area contributed by atoms with Crippen LogP contribution in [0.4, 0.5) is 5.69 Å². The summed E-state index contributed by atoms with van der Waals surface area (Å²) in [5.41, 5.74) is 3.24. The van der Waals surface area contributed by atoms with Gasteiger partial charge >= 0.3 is 0 Å². The molecule has 0 aliphatic carbocycles. The Kier molecular flexibility index (Phi) is 6.28. The number of halogens is 1. The number of benzene rings is 3. The summed E-state index contributed by atoms with van der Waals surface area (Å²) in [5, 5.41) is 3.92. The number of carbonyl (C=O) groups is 1. The van der Waals surface area contributed by atoms with Crippen molar-refractivity contribution in [2.75, 3.05) is 11.9 Å². The summed E-state index contributed by atoms with van der Waals surface area (Å²) in [6, 6.07) is 19.6. The lowest BCUT2D eigenvalue weighted by molar-refractivity contribution is -0.118. The van der Waals surface area contributed by atoms with E-state index in [0.717, 1.165) is 16.8 Å². The molecule has 0 spiro atoms. The molecule has 0 aliphatic heterocycles. The van der Waals surface area contributed by atoms with Crippen LogP contribution in [0, 0.1) is 0 Å². The predicted molar refractivity (Wildman–Crippen MR) is 128 cm³/mol. The third kappa shape index (κ3) is 4.68. The minimum atomic E-state index is -0.266. The molecule has 1 N–H and O–H groups in total. The number of rotatable bonds is 6. The van der Waals surface area contributed by atoms with E-state index in [4.69, 9.17) is 20.8 Å². The summed E-state index contributed by atoms with van der Waals surface area (Å²) in [6.45, 7) is 3.98. The average molecular weight is 448 g/mol. The van der Waals surface area contributed by atoms with Gasteiger partial charge in [-0.1, -0.05) is 55.8 Å². The number of para-hydroxylation sites is 1. The molecule has 4 rings (SSSR count). The molecule has 162 valence electrons. The zero-order valence-corrected chi connectivity index (χ0v) is 18.5. The average Bonchev–Trinajstić information content (AvgIpc) is 2.79. The Morgan fingerprint density at radius 1 is 1.06 bits per heavy atom. The number of hydrogen-bond donors (Lipinski definition) is 1. The fourth-order valence-electron chi connectivity index (χ4n) is 3.48. The molecule has 0 bridgehead atoms. The molecular weight excluding hydrogens is 426 g/mol. The van der Waals surface area contributed by atoms with Crippen molar-refractivity contribution in [3.63, 3.8) is 0 Å². The first-order valence-electron chi connectivity index (χ1n) is 10.3. The van der Waals surface area contributed by atoms with Crippen LogP contribution in [0.1, 0.15) is 25.3 Å². The Bertz CT molecular complexity index is 1330. The molecule has 1 aromatic heterocycles. The minimum Gasteiger partial charge on any atom is -0.484 e. The highest BCUT2D eigenvalue weighted by molar-refractivity contribution is 6.30. The van der Waals surface area contributed by atoms with Gasteiger partial charge in [0.15, 0.2) is 12.0 Å². The Morgan fingerprint density at radius 2 is 1.81 bits per heavy atom. The molecule has 0 fully saturated rings. The Morgan fingerprint density at radius 3 is 2.56 bits per heavy atom. The molecule has 5 nitrogen and oxygen atoms in total. The van der Waals surface area contributed by atoms with Crippen LogP contribution in [0.25, 0.3) is 22.1 Å². The highest BCUT2D eigenvalue weighted by Gasteiger charge is 2.12. The molecule has 0 saturated carbocycles.